The maximum Gasteiger partial charge on any atom is 0.273 e. The Morgan fingerprint density at radius 2 is 1.79 bits per heavy atom. The summed E-state index contributed by atoms with van der Waals surface area (Å²) in [4.78, 5) is 29.6. The molecule has 0 radical (unpaired) electrons. The van der Waals surface area contributed by atoms with Gasteiger partial charge in [-0.05, 0) is 31.8 Å². The van der Waals surface area contributed by atoms with Gasteiger partial charge in [-0.15, -0.1) is 0 Å². The zero-order valence-electron chi connectivity index (χ0n) is 16.4. The van der Waals surface area contributed by atoms with Crippen LogP contribution in [-0.4, -0.2) is 60.9 Å². The molecular formula is C21H26N4O3. The number of carbonyl (C=O) groups excluding carboxylic acids is 1. The Bertz CT molecular complexity index is 845. The van der Waals surface area contributed by atoms with Crippen molar-refractivity contribution in [3.8, 4) is 0 Å². The number of anilines is 1. The zero-order chi connectivity index (χ0) is 20.1. The number of hydrogen-bond donors (Lipinski definition) is 0. The summed E-state index contributed by atoms with van der Waals surface area (Å²) in [5.41, 5.74) is 2.91. The zero-order valence-corrected chi connectivity index (χ0v) is 16.4. The van der Waals surface area contributed by atoms with Crippen molar-refractivity contribution < 1.29 is 9.72 Å². The molecule has 0 atom stereocenters. The van der Waals surface area contributed by atoms with Crippen LogP contribution in [0.1, 0.15) is 11.1 Å². The molecule has 7 nitrogen and oxygen atoms in total. The molecule has 0 spiro atoms. The van der Waals surface area contributed by atoms with E-state index in [1.54, 1.807) is 23.1 Å². The summed E-state index contributed by atoms with van der Waals surface area (Å²) in [5, 5.41) is 11.1. The number of carbonyl (C=O) groups is 1. The van der Waals surface area contributed by atoms with Crippen LogP contribution in [0.25, 0.3) is 0 Å². The Kier molecular flexibility index (Phi) is 6.26. The smallest absolute Gasteiger partial charge is 0.273 e. The first-order valence-electron chi connectivity index (χ1n) is 9.43. The van der Waals surface area contributed by atoms with E-state index in [0.29, 0.717) is 18.7 Å². The van der Waals surface area contributed by atoms with Crippen LogP contribution >= 0.6 is 0 Å². The van der Waals surface area contributed by atoms with Gasteiger partial charge in [0.05, 0.1) is 11.3 Å². The molecule has 28 heavy (non-hydrogen) atoms. The Hall–Kier alpha value is -2.93. The SMILES string of the molecule is CN(C)Cc1cccc(N2CCN(C(=O)Cc3ccccc3[N+](=O)[O-])CC2)c1. The quantitative estimate of drug-likeness (QED) is 0.567. The number of nitro groups is 1. The molecule has 1 amide bonds. The summed E-state index contributed by atoms with van der Waals surface area (Å²) < 4.78 is 0. The molecular weight excluding hydrogens is 356 g/mol. The van der Waals surface area contributed by atoms with Gasteiger partial charge >= 0.3 is 0 Å². The lowest BCUT2D eigenvalue weighted by Crippen LogP contribution is -2.49. The molecule has 7 heteroatoms. The fourth-order valence-electron chi connectivity index (χ4n) is 3.54. The van der Waals surface area contributed by atoms with E-state index in [-0.39, 0.29) is 18.0 Å². The van der Waals surface area contributed by atoms with Crippen LogP contribution in [0.15, 0.2) is 48.5 Å². The van der Waals surface area contributed by atoms with Crippen molar-refractivity contribution in [1.82, 2.24) is 9.80 Å². The fourth-order valence-corrected chi connectivity index (χ4v) is 3.54. The van der Waals surface area contributed by atoms with Gasteiger partial charge in [0, 0.05) is 50.0 Å². The van der Waals surface area contributed by atoms with Crippen LogP contribution in [0.3, 0.4) is 0 Å². The van der Waals surface area contributed by atoms with E-state index in [9.17, 15) is 14.9 Å². The van der Waals surface area contributed by atoms with Gasteiger partial charge in [-0.1, -0.05) is 30.3 Å². The Labute approximate surface area is 165 Å². The largest absolute Gasteiger partial charge is 0.368 e. The average molecular weight is 382 g/mol. The highest BCUT2D eigenvalue weighted by Crippen LogP contribution is 2.21. The van der Waals surface area contributed by atoms with E-state index in [2.05, 4.69) is 34.1 Å². The lowest BCUT2D eigenvalue weighted by Gasteiger charge is -2.36. The summed E-state index contributed by atoms with van der Waals surface area (Å²) >= 11 is 0. The fraction of sp³-hybridized carbons (Fsp3) is 0.381. The molecule has 0 aromatic heterocycles. The second-order valence-electron chi connectivity index (χ2n) is 7.34. The molecule has 1 saturated heterocycles. The maximum absolute atomic E-state index is 12.6. The topological polar surface area (TPSA) is 69.9 Å². The number of para-hydroxylation sites is 1. The Morgan fingerprint density at radius 1 is 1.07 bits per heavy atom. The first-order chi connectivity index (χ1) is 13.4. The molecule has 2 aromatic carbocycles. The van der Waals surface area contributed by atoms with Crippen LogP contribution in [0.5, 0.6) is 0 Å². The van der Waals surface area contributed by atoms with Crippen LogP contribution in [-0.2, 0) is 17.8 Å². The minimum atomic E-state index is -0.429. The third-order valence-corrected chi connectivity index (χ3v) is 4.94. The number of piperazine rings is 1. The van der Waals surface area contributed by atoms with Crippen LogP contribution in [0, 0.1) is 10.1 Å². The number of amides is 1. The molecule has 0 N–H and O–H groups in total. The summed E-state index contributed by atoms with van der Waals surface area (Å²) in [5.74, 6) is -0.0599. The van der Waals surface area contributed by atoms with Gasteiger partial charge in [-0.2, -0.15) is 0 Å². The molecule has 0 aliphatic carbocycles. The van der Waals surface area contributed by atoms with Crippen molar-refractivity contribution in [2.45, 2.75) is 13.0 Å². The molecule has 1 heterocycles. The van der Waals surface area contributed by atoms with Crippen LogP contribution in [0.2, 0.25) is 0 Å². The van der Waals surface area contributed by atoms with Gasteiger partial charge in [0.15, 0.2) is 0 Å². The van der Waals surface area contributed by atoms with Crippen molar-refractivity contribution in [3.05, 3.63) is 69.8 Å². The standard InChI is InChI=1S/C21H26N4O3/c1-22(2)16-17-6-5-8-19(14-17)23-10-12-24(13-11-23)21(26)15-18-7-3-4-9-20(18)25(27)28/h3-9,14H,10-13,15-16H2,1-2H3. The minimum Gasteiger partial charge on any atom is -0.368 e. The molecule has 3 rings (SSSR count). The summed E-state index contributed by atoms with van der Waals surface area (Å²) in [6, 6.07) is 14.9. The highest BCUT2D eigenvalue weighted by Gasteiger charge is 2.24. The van der Waals surface area contributed by atoms with E-state index in [1.165, 1.54) is 17.3 Å². The van der Waals surface area contributed by atoms with E-state index < -0.39 is 4.92 Å². The van der Waals surface area contributed by atoms with E-state index >= 15 is 0 Å². The number of nitro benzene ring substituents is 1. The maximum atomic E-state index is 12.6. The number of hydrogen-bond acceptors (Lipinski definition) is 5. The first-order valence-corrected chi connectivity index (χ1v) is 9.43. The van der Waals surface area contributed by atoms with Gasteiger partial charge in [-0.25, -0.2) is 0 Å². The molecule has 1 aliphatic rings. The highest BCUT2D eigenvalue weighted by atomic mass is 16.6. The van der Waals surface area contributed by atoms with Gasteiger partial charge in [-0.3, -0.25) is 14.9 Å². The van der Waals surface area contributed by atoms with Crippen LogP contribution in [0.4, 0.5) is 11.4 Å². The van der Waals surface area contributed by atoms with Gasteiger partial charge in [0.1, 0.15) is 0 Å². The van der Waals surface area contributed by atoms with Gasteiger partial charge in [0.2, 0.25) is 5.91 Å². The Balaban J connectivity index is 1.60. The lowest BCUT2D eigenvalue weighted by molar-refractivity contribution is -0.385. The molecule has 2 aromatic rings. The summed E-state index contributed by atoms with van der Waals surface area (Å²) in [7, 11) is 4.10. The number of nitrogens with zero attached hydrogens (tertiary/aromatic N) is 4. The number of rotatable bonds is 6. The molecule has 1 aliphatic heterocycles. The molecule has 148 valence electrons. The Morgan fingerprint density at radius 3 is 2.46 bits per heavy atom. The normalized spacial score (nSPS) is 14.4. The predicted molar refractivity (Wildman–Crippen MR) is 109 cm³/mol. The second kappa shape index (κ2) is 8.84. The minimum absolute atomic E-state index is 0.00666. The first kappa shape index (κ1) is 19.8. The number of benzene rings is 2. The molecule has 0 bridgehead atoms. The van der Waals surface area contributed by atoms with Gasteiger partial charge < -0.3 is 14.7 Å². The summed E-state index contributed by atoms with van der Waals surface area (Å²) in [6.45, 7) is 3.65. The lowest BCUT2D eigenvalue weighted by atomic mass is 10.1. The van der Waals surface area contributed by atoms with Crippen molar-refractivity contribution in [1.29, 1.82) is 0 Å². The molecule has 0 unspecified atom stereocenters. The third kappa shape index (κ3) is 4.86. The monoisotopic (exact) mass is 382 g/mol. The third-order valence-electron chi connectivity index (χ3n) is 4.94. The van der Waals surface area contributed by atoms with Crippen LogP contribution < -0.4 is 4.90 Å². The molecule has 1 fully saturated rings. The van der Waals surface area contributed by atoms with E-state index in [0.717, 1.165) is 19.6 Å². The van der Waals surface area contributed by atoms with Crippen molar-refractivity contribution >= 4 is 17.3 Å². The van der Waals surface area contributed by atoms with Crippen molar-refractivity contribution in [2.24, 2.45) is 0 Å². The second-order valence-corrected chi connectivity index (χ2v) is 7.34. The highest BCUT2D eigenvalue weighted by molar-refractivity contribution is 5.80. The van der Waals surface area contributed by atoms with Gasteiger partial charge in [0.25, 0.3) is 5.69 Å². The molecule has 0 saturated carbocycles. The van der Waals surface area contributed by atoms with Crippen molar-refractivity contribution in [2.75, 3.05) is 45.2 Å². The van der Waals surface area contributed by atoms with E-state index in [4.69, 9.17) is 0 Å². The van der Waals surface area contributed by atoms with Crippen molar-refractivity contribution in [3.63, 3.8) is 0 Å². The van der Waals surface area contributed by atoms with E-state index in [1.807, 2.05) is 14.1 Å². The average Bonchev–Trinajstić information content (AvgIpc) is 2.68. The predicted octanol–water partition coefficient (Wildman–Crippen LogP) is 2.55. The summed E-state index contributed by atoms with van der Waals surface area (Å²) in [6.07, 6.45) is 0.0650.